The molecule has 0 bridgehead atoms. The molecule has 0 saturated carbocycles. The van der Waals surface area contributed by atoms with Gasteiger partial charge in [0.25, 0.3) is 10.0 Å². The average Bonchev–Trinajstić information content (AvgIpc) is 3.00. The summed E-state index contributed by atoms with van der Waals surface area (Å²) >= 11 is 0. The third kappa shape index (κ3) is 7.79. The van der Waals surface area contributed by atoms with Crippen LogP contribution in [0.5, 0.6) is 11.5 Å². The van der Waals surface area contributed by atoms with Gasteiger partial charge in [0.2, 0.25) is 11.8 Å². The zero-order valence-corrected chi connectivity index (χ0v) is 25.4. The fourth-order valence-corrected chi connectivity index (χ4v) is 5.80. The zero-order valence-electron chi connectivity index (χ0n) is 24.5. The number of amides is 2. The van der Waals surface area contributed by atoms with Crippen molar-refractivity contribution >= 4 is 27.5 Å². The van der Waals surface area contributed by atoms with E-state index in [1.807, 2.05) is 13.8 Å². The number of sulfonamides is 1. The second kappa shape index (κ2) is 14.7. The van der Waals surface area contributed by atoms with E-state index in [4.69, 9.17) is 9.47 Å². The summed E-state index contributed by atoms with van der Waals surface area (Å²) in [5.41, 5.74) is 0.756. The summed E-state index contributed by atoms with van der Waals surface area (Å²) in [6.07, 6.45) is 0.966. The van der Waals surface area contributed by atoms with Crippen LogP contribution in [0.3, 0.4) is 0 Å². The van der Waals surface area contributed by atoms with Gasteiger partial charge in [-0.25, -0.2) is 12.8 Å². The maximum absolute atomic E-state index is 14.1. The van der Waals surface area contributed by atoms with E-state index in [1.165, 1.54) is 67.7 Å². The van der Waals surface area contributed by atoms with Gasteiger partial charge in [0.1, 0.15) is 18.4 Å². The number of hydrogen-bond acceptors (Lipinski definition) is 6. The fourth-order valence-electron chi connectivity index (χ4n) is 4.38. The van der Waals surface area contributed by atoms with Crippen LogP contribution < -0.4 is 19.1 Å². The number of nitrogens with one attached hydrogen (secondary N) is 1. The van der Waals surface area contributed by atoms with Crippen LogP contribution in [0.15, 0.2) is 77.7 Å². The van der Waals surface area contributed by atoms with Crippen molar-refractivity contribution in [2.24, 2.45) is 0 Å². The van der Waals surface area contributed by atoms with Gasteiger partial charge in [-0.05, 0) is 61.7 Å². The summed E-state index contributed by atoms with van der Waals surface area (Å²) in [6, 6.07) is 16.9. The Kier molecular flexibility index (Phi) is 11.3. The molecule has 2 amide bonds. The molecular weight excluding hydrogens is 561 g/mol. The number of benzene rings is 3. The minimum atomic E-state index is -4.24. The molecule has 0 aromatic heterocycles. The Morgan fingerprint density at radius 3 is 2.12 bits per heavy atom. The van der Waals surface area contributed by atoms with E-state index < -0.39 is 34.3 Å². The summed E-state index contributed by atoms with van der Waals surface area (Å²) in [4.78, 5) is 28.8. The van der Waals surface area contributed by atoms with Crippen molar-refractivity contribution in [3.8, 4) is 11.5 Å². The number of anilines is 1. The van der Waals surface area contributed by atoms with Crippen LogP contribution in [-0.2, 0) is 26.2 Å². The molecule has 3 rings (SSSR count). The number of rotatable bonds is 14. The molecule has 42 heavy (non-hydrogen) atoms. The number of halogens is 1. The van der Waals surface area contributed by atoms with Crippen molar-refractivity contribution in [2.75, 3.05) is 25.1 Å². The highest BCUT2D eigenvalue weighted by atomic mass is 32.2. The van der Waals surface area contributed by atoms with Gasteiger partial charge in [0, 0.05) is 18.7 Å². The molecule has 0 fully saturated rings. The first kappa shape index (κ1) is 32.4. The third-order valence-electron chi connectivity index (χ3n) is 6.92. The SMILES string of the molecule is CC[C@@H](C)NC(=O)[C@H](CC)N(Cc1ccc(F)cc1)C(=O)CN(c1ccc(OC)c(OC)c1)S(=O)(=O)c1ccccc1. The topological polar surface area (TPSA) is 105 Å². The highest BCUT2D eigenvalue weighted by Crippen LogP contribution is 2.34. The second-order valence-corrected chi connectivity index (χ2v) is 11.6. The third-order valence-corrected chi connectivity index (χ3v) is 8.71. The second-order valence-electron chi connectivity index (χ2n) is 9.75. The lowest BCUT2D eigenvalue weighted by Crippen LogP contribution is -2.53. The van der Waals surface area contributed by atoms with Gasteiger partial charge >= 0.3 is 0 Å². The maximum atomic E-state index is 14.1. The van der Waals surface area contributed by atoms with Crippen molar-refractivity contribution < 1.29 is 31.9 Å². The Bertz CT molecular complexity index is 1450. The van der Waals surface area contributed by atoms with Crippen LogP contribution >= 0.6 is 0 Å². The Morgan fingerprint density at radius 1 is 0.905 bits per heavy atom. The van der Waals surface area contributed by atoms with Gasteiger partial charge in [-0.1, -0.05) is 44.2 Å². The molecule has 2 atom stereocenters. The molecule has 0 saturated heterocycles. The van der Waals surface area contributed by atoms with E-state index in [1.54, 1.807) is 31.2 Å². The minimum absolute atomic E-state index is 0.0146. The Hall–Kier alpha value is -4.12. The Labute approximate surface area is 247 Å². The molecule has 0 heterocycles. The number of nitrogens with zero attached hydrogens (tertiary/aromatic N) is 2. The van der Waals surface area contributed by atoms with Gasteiger partial charge in [-0.3, -0.25) is 13.9 Å². The fraction of sp³-hybridized carbons (Fsp3) is 0.355. The highest BCUT2D eigenvalue weighted by Gasteiger charge is 2.34. The predicted octanol–water partition coefficient (Wildman–Crippen LogP) is 4.76. The van der Waals surface area contributed by atoms with Gasteiger partial charge in [-0.2, -0.15) is 0 Å². The molecule has 0 spiro atoms. The Balaban J connectivity index is 2.10. The summed E-state index contributed by atoms with van der Waals surface area (Å²) in [6.45, 7) is 4.93. The zero-order chi connectivity index (χ0) is 30.9. The lowest BCUT2D eigenvalue weighted by Gasteiger charge is -2.33. The van der Waals surface area contributed by atoms with Crippen molar-refractivity contribution in [3.63, 3.8) is 0 Å². The van der Waals surface area contributed by atoms with Gasteiger partial charge < -0.3 is 19.7 Å². The van der Waals surface area contributed by atoms with Gasteiger partial charge in [-0.15, -0.1) is 0 Å². The van der Waals surface area contributed by atoms with Crippen LogP contribution in [0.2, 0.25) is 0 Å². The van der Waals surface area contributed by atoms with E-state index in [0.717, 1.165) is 4.31 Å². The molecule has 0 aliphatic rings. The smallest absolute Gasteiger partial charge is 0.264 e. The average molecular weight is 600 g/mol. The van der Waals surface area contributed by atoms with E-state index >= 15 is 0 Å². The largest absolute Gasteiger partial charge is 0.493 e. The first-order chi connectivity index (χ1) is 20.0. The van der Waals surface area contributed by atoms with E-state index in [0.29, 0.717) is 17.7 Å². The molecule has 0 unspecified atom stereocenters. The monoisotopic (exact) mass is 599 g/mol. The number of carbonyl (C=O) groups is 2. The lowest BCUT2D eigenvalue weighted by atomic mass is 10.1. The first-order valence-corrected chi connectivity index (χ1v) is 15.1. The molecule has 1 N–H and O–H groups in total. The standard InChI is InChI=1S/C31H38FN3O6S/c1-6-22(3)33-31(37)27(7-2)34(20-23-13-15-24(32)16-14-23)30(36)21-35(42(38,39)26-11-9-8-10-12-26)25-17-18-28(40-4)29(19-25)41-5/h8-19,22,27H,6-7,20-21H2,1-5H3,(H,33,37)/t22-,27+/m1/s1. The van der Waals surface area contributed by atoms with Gasteiger partial charge in [0.05, 0.1) is 24.8 Å². The quantitative estimate of drug-likeness (QED) is 0.287. The molecule has 0 aliphatic heterocycles. The van der Waals surface area contributed by atoms with Crippen LogP contribution in [0, 0.1) is 5.82 Å². The maximum Gasteiger partial charge on any atom is 0.264 e. The van der Waals surface area contributed by atoms with Crippen molar-refractivity contribution in [1.29, 1.82) is 0 Å². The van der Waals surface area contributed by atoms with E-state index in [-0.39, 0.29) is 41.2 Å². The lowest BCUT2D eigenvalue weighted by molar-refractivity contribution is -0.140. The number of hydrogen-bond donors (Lipinski definition) is 1. The molecular formula is C31H38FN3O6S. The van der Waals surface area contributed by atoms with Crippen molar-refractivity contribution in [1.82, 2.24) is 10.2 Å². The minimum Gasteiger partial charge on any atom is -0.493 e. The van der Waals surface area contributed by atoms with Crippen molar-refractivity contribution in [3.05, 3.63) is 84.2 Å². The molecule has 0 aliphatic carbocycles. The van der Waals surface area contributed by atoms with E-state index in [2.05, 4.69) is 5.32 Å². The molecule has 9 nitrogen and oxygen atoms in total. The summed E-state index contributed by atoms with van der Waals surface area (Å²) in [7, 11) is -1.36. The molecule has 11 heteroatoms. The summed E-state index contributed by atoms with van der Waals surface area (Å²) in [5.74, 6) is -0.744. The van der Waals surface area contributed by atoms with Crippen molar-refractivity contribution in [2.45, 2.75) is 57.1 Å². The van der Waals surface area contributed by atoms with Gasteiger partial charge in [0.15, 0.2) is 11.5 Å². The predicted molar refractivity (Wildman–Crippen MR) is 159 cm³/mol. The Morgan fingerprint density at radius 2 is 1.55 bits per heavy atom. The number of carbonyl (C=O) groups excluding carboxylic acids is 2. The molecule has 3 aromatic carbocycles. The highest BCUT2D eigenvalue weighted by molar-refractivity contribution is 7.92. The van der Waals surface area contributed by atoms with Crippen LogP contribution in [-0.4, -0.2) is 58.0 Å². The number of ether oxygens (including phenoxy) is 2. The summed E-state index contributed by atoms with van der Waals surface area (Å²) in [5, 5.41) is 2.92. The normalized spacial score (nSPS) is 12.6. The first-order valence-electron chi connectivity index (χ1n) is 13.7. The number of methoxy groups -OCH3 is 2. The van der Waals surface area contributed by atoms with Crippen LogP contribution in [0.4, 0.5) is 10.1 Å². The summed E-state index contributed by atoms with van der Waals surface area (Å²) < 4.78 is 53.3. The van der Waals surface area contributed by atoms with Crippen LogP contribution in [0.25, 0.3) is 0 Å². The molecule has 3 aromatic rings. The van der Waals surface area contributed by atoms with E-state index in [9.17, 15) is 22.4 Å². The van der Waals surface area contributed by atoms with Crippen LogP contribution in [0.1, 0.15) is 39.2 Å². The molecule has 226 valence electrons. The molecule has 0 radical (unpaired) electrons.